The summed E-state index contributed by atoms with van der Waals surface area (Å²) in [6.07, 6.45) is 3.25. The maximum atomic E-state index is 13.2. The van der Waals surface area contributed by atoms with Crippen molar-refractivity contribution in [1.82, 2.24) is 24.4 Å². The van der Waals surface area contributed by atoms with E-state index in [9.17, 15) is 14.4 Å². The standard InChI is InChI=1S/C43H49N7O7/c44-15-19-54-20-21-55-22-23-56-24-25-57-29-40(51)46-33-10-11-38-39(26-33)50(43(53)48-38)34-13-17-49(18-14-34)28-30-6-8-32(9-7-30)41-35(31-4-2-1-3-5-31)27-36-37(47-41)12-16-45-42(36)52/h1-12,16,26-27,34H,13-15,17-25,28-29,44H2,(H,45,52)(H,46,51)(H,48,53). The van der Waals surface area contributed by atoms with Gasteiger partial charge in [-0.25, -0.2) is 9.78 Å². The fourth-order valence-corrected chi connectivity index (χ4v) is 7.20. The highest BCUT2D eigenvalue weighted by molar-refractivity contribution is 5.94. The number of likely N-dealkylation sites (tertiary alicyclic amines) is 1. The van der Waals surface area contributed by atoms with Gasteiger partial charge in [-0.1, -0.05) is 54.6 Å². The number of piperidine rings is 1. The van der Waals surface area contributed by atoms with Crippen molar-refractivity contribution in [2.24, 2.45) is 5.73 Å². The van der Waals surface area contributed by atoms with Crippen LogP contribution in [-0.2, 0) is 30.3 Å². The molecule has 0 bridgehead atoms. The number of benzene rings is 3. The Labute approximate surface area is 329 Å². The molecule has 1 saturated heterocycles. The second-order valence-corrected chi connectivity index (χ2v) is 14.0. The van der Waals surface area contributed by atoms with Crippen LogP contribution in [0, 0.1) is 0 Å². The van der Waals surface area contributed by atoms with Crippen molar-refractivity contribution < 1.29 is 23.7 Å². The number of nitrogens with two attached hydrogens (primary N) is 1. The smallest absolute Gasteiger partial charge is 0.326 e. The monoisotopic (exact) mass is 775 g/mol. The second-order valence-electron chi connectivity index (χ2n) is 14.0. The number of H-pyrrole nitrogens is 2. The van der Waals surface area contributed by atoms with E-state index in [4.69, 9.17) is 29.7 Å². The topological polar surface area (TPSA) is 179 Å². The molecule has 0 spiro atoms. The first-order chi connectivity index (χ1) is 28.0. The zero-order valence-corrected chi connectivity index (χ0v) is 31.9. The number of nitrogens with zero attached hydrogens (tertiary/aromatic N) is 3. The number of amides is 1. The molecule has 14 heteroatoms. The van der Waals surface area contributed by atoms with Crippen molar-refractivity contribution in [3.8, 4) is 22.4 Å². The van der Waals surface area contributed by atoms with Crippen LogP contribution in [0.4, 0.5) is 5.69 Å². The van der Waals surface area contributed by atoms with Gasteiger partial charge in [0.05, 0.1) is 73.9 Å². The summed E-state index contributed by atoms with van der Waals surface area (Å²) in [6.45, 7) is 5.81. The van der Waals surface area contributed by atoms with E-state index in [1.807, 2.05) is 59.2 Å². The highest BCUT2D eigenvalue weighted by Gasteiger charge is 2.24. The zero-order chi connectivity index (χ0) is 39.4. The quantitative estimate of drug-likeness (QED) is 0.0844. The number of imidazole rings is 1. The van der Waals surface area contributed by atoms with E-state index in [1.54, 1.807) is 12.3 Å². The van der Waals surface area contributed by atoms with Crippen molar-refractivity contribution in [3.05, 3.63) is 118 Å². The molecule has 1 aliphatic heterocycles. The third-order valence-corrected chi connectivity index (χ3v) is 10.0. The Morgan fingerprint density at radius 1 is 0.807 bits per heavy atom. The lowest BCUT2D eigenvalue weighted by Crippen LogP contribution is -2.36. The summed E-state index contributed by atoms with van der Waals surface area (Å²) in [4.78, 5) is 51.5. The first kappa shape index (κ1) is 39.7. The summed E-state index contributed by atoms with van der Waals surface area (Å²) in [5, 5.41) is 3.44. The van der Waals surface area contributed by atoms with E-state index in [2.05, 4.69) is 44.5 Å². The van der Waals surface area contributed by atoms with Crippen molar-refractivity contribution in [2.45, 2.75) is 25.4 Å². The first-order valence-corrected chi connectivity index (χ1v) is 19.4. The molecule has 0 aliphatic carbocycles. The van der Waals surface area contributed by atoms with E-state index in [0.717, 1.165) is 65.9 Å². The maximum Gasteiger partial charge on any atom is 0.326 e. The normalized spacial score (nSPS) is 13.8. The molecular formula is C43H49N7O7. The molecule has 0 atom stereocenters. The Bertz CT molecular complexity index is 2350. The minimum absolute atomic E-state index is 0.0247. The lowest BCUT2D eigenvalue weighted by Gasteiger charge is -2.32. The van der Waals surface area contributed by atoms with Crippen LogP contribution in [0.2, 0.25) is 0 Å². The van der Waals surface area contributed by atoms with Crippen LogP contribution in [0.5, 0.6) is 0 Å². The molecule has 57 heavy (non-hydrogen) atoms. The third-order valence-electron chi connectivity index (χ3n) is 10.0. The molecule has 14 nitrogen and oxygen atoms in total. The summed E-state index contributed by atoms with van der Waals surface area (Å²) in [7, 11) is 0. The molecule has 1 fully saturated rings. The summed E-state index contributed by atoms with van der Waals surface area (Å²) in [5.41, 5.74) is 12.7. The van der Waals surface area contributed by atoms with E-state index in [-0.39, 0.29) is 36.4 Å². The van der Waals surface area contributed by atoms with Gasteiger partial charge in [-0.2, -0.15) is 0 Å². The van der Waals surface area contributed by atoms with Gasteiger partial charge in [0, 0.05) is 55.2 Å². The van der Waals surface area contributed by atoms with Crippen molar-refractivity contribution >= 4 is 33.5 Å². The number of hydrogen-bond donors (Lipinski definition) is 4. The van der Waals surface area contributed by atoms with E-state index < -0.39 is 0 Å². The summed E-state index contributed by atoms with van der Waals surface area (Å²) >= 11 is 0. The molecule has 5 N–H and O–H groups in total. The lowest BCUT2D eigenvalue weighted by atomic mass is 9.97. The number of ether oxygens (including phenoxy) is 4. The number of hydrogen-bond acceptors (Lipinski definition) is 10. The van der Waals surface area contributed by atoms with Crippen LogP contribution in [0.1, 0.15) is 24.4 Å². The molecule has 6 aromatic rings. The summed E-state index contributed by atoms with van der Waals surface area (Å²) in [5.74, 6) is -0.289. The van der Waals surface area contributed by atoms with Gasteiger partial charge in [0.1, 0.15) is 6.61 Å². The van der Waals surface area contributed by atoms with Crippen LogP contribution >= 0.6 is 0 Å². The average Bonchev–Trinajstić information content (AvgIpc) is 3.56. The number of rotatable bonds is 19. The molecule has 0 radical (unpaired) electrons. The molecule has 0 unspecified atom stereocenters. The van der Waals surface area contributed by atoms with E-state index >= 15 is 0 Å². The highest BCUT2D eigenvalue weighted by atomic mass is 16.6. The van der Waals surface area contributed by atoms with Gasteiger partial charge in [0.15, 0.2) is 0 Å². The van der Waals surface area contributed by atoms with E-state index in [1.165, 1.54) is 5.56 Å². The highest BCUT2D eigenvalue weighted by Crippen LogP contribution is 2.33. The summed E-state index contributed by atoms with van der Waals surface area (Å²) in [6, 6.07) is 27.7. The predicted octanol–water partition coefficient (Wildman–Crippen LogP) is 4.70. The molecule has 3 aromatic heterocycles. The van der Waals surface area contributed by atoms with Gasteiger partial charge in [-0.05, 0) is 54.3 Å². The van der Waals surface area contributed by atoms with Crippen molar-refractivity contribution in [1.29, 1.82) is 0 Å². The average molecular weight is 776 g/mol. The largest absolute Gasteiger partial charge is 0.378 e. The van der Waals surface area contributed by atoms with Crippen molar-refractivity contribution in [3.63, 3.8) is 0 Å². The van der Waals surface area contributed by atoms with Gasteiger partial charge in [-0.15, -0.1) is 0 Å². The van der Waals surface area contributed by atoms with Gasteiger partial charge in [0.2, 0.25) is 5.91 Å². The molecule has 0 saturated carbocycles. The molecule has 4 heterocycles. The Kier molecular flexibility index (Phi) is 13.7. The van der Waals surface area contributed by atoms with Gasteiger partial charge < -0.3 is 40.0 Å². The van der Waals surface area contributed by atoms with Gasteiger partial charge in [-0.3, -0.25) is 19.1 Å². The predicted molar refractivity (Wildman–Crippen MR) is 220 cm³/mol. The fourth-order valence-electron chi connectivity index (χ4n) is 7.20. The molecule has 298 valence electrons. The SMILES string of the molecule is NCCOCCOCCOCCOCC(=O)Nc1ccc2[nH]c(=O)n(C3CCN(Cc4ccc(-c5nc6cc[nH]c(=O)c6cc5-c5ccccc5)cc4)CC3)c2c1. The summed E-state index contributed by atoms with van der Waals surface area (Å²) < 4.78 is 23.4. The fraction of sp³-hybridized carbons (Fsp3) is 0.349. The number of anilines is 1. The van der Waals surface area contributed by atoms with Crippen LogP contribution in [0.25, 0.3) is 44.3 Å². The van der Waals surface area contributed by atoms with Crippen LogP contribution in [-0.4, -0.2) is 103 Å². The zero-order valence-electron chi connectivity index (χ0n) is 31.9. The molecule has 1 amide bonds. The van der Waals surface area contributed by atoms with E-state index in [0.29, 0.717) is 62.8 Å². The Morgan fingerprint density at radius 3 is 2.23 bits per heavy atom. The van der Waals surface area contributed by atoms with Crippen molar-refractivity contribution in [2.75, 3.05) is 77.8 Å². The van der Waals surface area contributed by atoms with Crippen LogP contribution in [0.15, 0.2) is 101 Å². The third kappa shape index (κ3) is 10.3. The number of carbonyl (C=O) groups is 1. The van der Waals surface area contributed by atoms with Gasteiger partial charge in [0.25, 0.3) is 5.56 Å². The first-order valence-electron chi connectivity index (χ1n) is 19.4. The number of nitrogens with one attached hydrogen (secondary N) is 3. The van der Waals surface area contributed by atoms with Crippen LogP contribution in [0.3, 0.4) is 0 Å². The Morgan fingerprint density at radius 2 is 1.51 bits per heavy atom. The Hall–Kier alpha value is -5.48. The molecule has 3 aromatic carbocycles. The number of carbonyl (C=O) groups excluding carboxylic acids is 1. The maximum absolute atomic E-state index is 13.2. The molecular weight excluding hydrogens is 727 g/mol. The Balaban J connectivity index is 0.905. The number of aromatic nitrogens is 4. The molecule has 7 rings (SSSR count). The minimum atomic E-state index is -0.289. The second kappa shape index (κ2) is 19.6. The number of aromatic amines is 2. The van der Waals surface area contributed by atoms with Gasteiger partial charge >= 0.3 is 5.69 Å². The minimum Gasteiger partial charge on any atom is -0.378 e. The van der Waals surface area contributed by atoms with Crippen LogP contribution < -0.4 is 22.3 Å². The molecule has 1 aliphatic rings. The number of pyridine rings is 2. The lowest BCUT2D eigenvalue weighted by molar-refractivity contribution is -0.121. The number of fused-ring (bicyclic) bond motifs is 2.